The van der Waals surface area contributed by atoms with E-state index in [-0.39, 0.29) is 12.5 Å². The number of likely N-dealkylation sites (N-methyl/N-ethyl adjacent to an activating group) is 1. The molecule has 1 aromatic rings. The Morgan fingerprint density at radius 1 is 1.20 bits per heavy atom. The predicted octanol–water partition coefficient (Wildman–Crippen LogP) is 3.79. The Morgan fingerprint density at radius 2 is 1.87 bits per heavy atom. The van der Waals surface area contributed by atoms with Crippen molar-refractivity contribution in [3.63, 3.8) is 0 Å². The first-order valence-corrected chi connectivity index (χ1v) is 13.6. The van der Waals surface area contributed by atoms with Crippen LogP contribution in [0.25, 0.3) is 0 Å². The van der Waals surface area contributed by atoms with E-state index in [2.05, 4.69) is 36.1 Å². The first-order chi connectivity index (χ1) is 13.8. The van der Waals surface area contributed by atoms with Crippen LogP contribution >= 0.6 is 0 Å². The van der Waals surface area contributed by atoms with Gasteiger partial charge in [-0.1, -0.05) is 37.7 Å². The largest absolute Gasteiger partial charge is 0.444 e. The Hall–Kier alpha value is -2.59. The normalized spacial score (nSPS) is 19.0. The van der Waals surface area contributed by atoms with Crippen molar-refractivity contribution in [2.75, 3.05) is 20.6 Å². The second-order valence-electron chi connectivity index (χ2n) is 9.79. The lowest BCUT2D eigenvalue weighted by atomic mass is 9.82. The zero-order chi connectivity index (χ0) is 22.7. The molecule has 0 aromatic carbocycles. The molecule has 6 nitrogen and oxygen atoms in total. The highest BCUT2D eigenvalue weighted by Gasteiger charge is 2.50. The lowest BCUT2D eigenvalue weighted by molar-refractivity contribution is -0.142. The maximum absolute atomic E-state index is 13.5. The van der Waals surface area contributed by atoms with Gasteiger partial charge in [0.2, 0.25) is 0 Å². The van der Waals surface area contributed by atoms with E-state index in [0.29, 0.717) is 12.0 Å². The third kappa shape index (κ3) is 5.51. The van der Waals surface area contributed by atoms with Gasteiger partial charge in [0.1, 0.15) is 13.7 Å². The summed E-state index contributed by atoms with van der Waals surface area (Å²) >= 11 is 0. The van der Waals surface area contributed by atoms with Gasteiger partial charge in [-0.25, -0.2) is 4.79 Å². The summed E-state index contributed by atoms with van der Waals surface area (Å²) < 4.78 is 5.65. The lowest BCUT2D eigenvalue weighted by Gasteiger charge is -2.45. The monoisotopic (exact) mass is 427 g/mol. The summed E-state index contributed by atoms with van der Waals surface area (Å²) in [6.45, 7) is 12.2. The molecule has 0 N–H and O–H groups in total. The molecule has 0 saturated heterocycles. The molecule has 7 heteroatoms. The maximum Gasteiger partial charge on any atom is 0.411 e. The zero-order valence-electron chi connectivity index (χ0n) is 19.4. The molecule has 1 atom stereocenters. The summed E-state index contributed by atoms with van der Waals surface area (Å²) in [7, 11) is 1.81. The number of hydrogen-bond donors (Lipinski definition) is 0. The van der Waals surface area contributed by atoms with E-state index < -0.39 is 25.3 Å². The van der Waals surface area contributed by atoms with Gasteiger partial charge in [0, 0.05) is 50.6 Å². The fourth-order valence-corrected chi connectivity index (χ4v) is 3.73. The fraction of sp³-hybridized carbons (Fsp3) is 0.522. The van der Waals surface area contributed by atoms with Gasteiger partial charge in [0.05, 0.1) is 0 Å². The molecule has 2 rings (SSSR count). The van der Waals surface area contributed by atoms with Crippen molar-refractivity contribution in [1.29, 1.82) is 0 Å². The van der Waals surface area contributed by atoms with Gasteiger partial charge in [0.25, 0.3) is 5.91 Å². The van der Waals surface area contributed by atoms with Crippen LogP contribution in [0.2, 0.25) is 19.6 Å². The summed E-state index contributed by atoms with van der Waals surface area (Å²) in [5.74, 6) is 3.00. The van der Waals surface area contributed by atoms with Crippen LogP contribution in [0.3, 0.4) is 0 Å². The average molecular weight is 428 g/mol. The van der Waals surface area contributed by atoms with Crippen LogP contribution in [-0.4, -0.2) is 61.1 Å². The van der Waals surface area contributed by atoms with Crippen LogP contribution in [-0.2, 0) is 15.1 Å². The summed E-state index contributed by atoms with van der Waals surface area (Å²) in [6.07, 6.45) is 6.98. The second-order valence-corrected chi connectivity index (χ2v) is 14.5. The highest BCUT2D eigenvalue weighted by atomic mass is 28.3. The molecular formula is C23H33N3O3Si. The lowest BCUT2D eigenvalue weighted by Crippen LogP contribution is -2.59. The smallest absolute Gasteiger partial charge is 0.411 e. The summed E-state index contributed by atoms with van der Waals surface area (Å²) in [5.41, 5.74) is 2.80. The molecule has 1 aliphatic rings. The van der Waals surface area contributed by atoms with Crippen molar-refractivity contribution in [3.05, 3.63) is 41.7 Å². The number of carbonyl (C=O) groups excluding carboxylic acids is 2. The van der Waals surface area contributed by atoms with Gasteiger partial charge in [-0.3, -0.25) is 14.7 Å². The number of pyridine rings is 1. The standard InChI is InChI=1S/C23H33N3O3Si/c1-22(2,3)29-21(28)26-13-10-9-12-23(26,20(27)25(4)5)19-15-18(16-24-17-19)11-14-30(6,7)8/h9-10,15-17H,12-13H2,1-8H3. The zero-order valence-corrected chi connectivity index (χ0v) is 20.4. The number of ether oxygens (including phenoxy) is 1. The quantitative estimate of drug-likeness (QED) is 0.409. The summed E-state index contributed by atoms with van der Waals surface area (Å²) in [5, 5.41) is 0. The van der Waals surface area contributed by atoms with Crippen molar-refractivity contribution in [2.24, 2.45) is 0 Å². The SMILES string of the molecule is CN(C)C(=O)C1(c2cncc(C#C[Si](C)(C)C)c2)CC=CCN1C(=O)OC(C)(C)C. The van der Waals surface area contributed by atoms with E-state index in [1.807, 2.05) is 39.0 Å². The van der Waals surface area contributed by atoms with E-state index in [1.54, 1.807) is 26.5 Å². The van der Waals surface area contributed by atoms with Gasteiger partial charge in [-0.15, -0.1) is 5.54 Å². The minimum absolute atomic E-state index is 0.199. The molecule has 0 fully saturated rings. The molecule has 0 saturated carbocycles. The minimum Gasteiger partial charge on any atom is -0.444 e. The Kier molecular flexibility index (Phi) is 6.82. The summed E-state index contributed by atoms with van der Waals surface area (Å²) in [6, 6.07) is 1.87. The van der Waals surface area contributed by atoms with Gasteiger partial charge < -0.3 is 9.64 Å². The molecule has 30 heavy (non-hydrogen) atoms. The van der Waals surface area contributed by atoms with E-state index in [1.165, 1.54) is 9.80 Å². The van der Waals surface area contributed by atoms with E-state index in [9.17, 15) is 9.59 Å². The van der Waals surface area contributed by atoms with Gasteiger partial charge >= 0.3 is 6.09 Å². The average Bonchev–Trinajstić information content (AvgIpc) is 2.64. The first kappa shape index (κ1) is 23.7. The number of nitrogens with zero attached hydrogens (tertiary/aromatic N) is 3. The van der Waals surface area contributed by atoms with Crippen molar-refractivity contribution in [1.82, 2.24) is 14.8 Å². The molecule has 1 unspecified atom stereocenters. The Bertz CT molecular complexity index is 901. The van der Waals surface area contributed by atoms with Crippen LogP contribution in [0.15, 0.2) is 30.6 Å². The van der Waals surface area contributed by atoms with E-state index >= 15 is 0 Å². The number of rotatable bonds is 2. The third-order valence-corrected chi connectivity index (χ3v) is 5.38. The highest BCUT2D eigenvalue weighted by Crippen LogP contribution is 2.38. The molecule has 0 radical (unpaired) electrons. The van der Waals surface area contributed by atoms with E-state index in [4.69, 9.17) is 4.74 Å². The number of hydrogen-bond acceptors (Lipinski definition) is 4. The van der Waals surface area contributed by atoms with Crippen LogP contribution in [0.5, 0.6) is 0 Å². The Morgan fingerprint density at radius 3 is 2.43 bits per heavy atom. The van der Waals surface area contributed by atoms with Gasteiger partial charge in [-0.05, 0) is 26.8 Å². The third-order valence-electron chi connectivity index (χ3n) is 4.50. The number of amides is 2. The molecule has 162 valence electrons. The van der Waals surface area contributed by atoms with Crippen molar-refractivity contribution < 1.29 is 14.3 Å². The van der Waals surface area contributed by atoms with Crippen molar-refractivity contribution in [3.8, 4) is 11.5 Å². The minimum atomic E-state index is -1.57. The Labute approximate surface area is 181 Å². The number of carbonyl (C=O) groups is 2. The molecule has 0 spiro atoms. The predicted molar refractivity (Wildman–Crippen MR) is 122 cm³/mol. The van der Waals surface area contributed by atoms with Crippen molar-refractivity contribution >= 4 is 20.1 Å². The molecule has 0 bridgehead atoms. The van der Waals surface area contributed by atoms with Crippen LogP contribution < -0.4 is 0 Å². The van der Waals surface area contributed by atoms with Crippen molar-refractivity contribution in [2.45, 2.75) is 58.0 Å². The summed E-state index contributed by atoms with van der Waals surface area (Å²) in [4.78, 5) is 34.0. The van der Waals surface area contributed by atoms with Crippen LogP contribution in [0.1, 0.15) is 38.3 Å². The first-order valence-electron chi connectivity index (χ1n) is 10.1. The topological polar surface area (TPSA) is 62.7 Å². The molecular weight excluding hydrogens is 394 g/mol. The van der Waals surface area contributed by atoms with Crippen LogP contribution in [0.4, 0.5) is 4.79 Å². The maximum atomic E-state index is 13.5. The molecule has 2 heterocycles. The van der Waals surface area contributed by atoms with Gasteiger partial charge in [-0.2, -0.15) is 0 Å². The molecule has 0 aliphatic carbocycles. The Balaban J connectivity index is 2.64. The highest BCUT2D eigenvalue weighted by molar-refractivity contribution is 6.83. The number of aromatic nitrogens is 1. The molecule has 1 aromatic heterocycles. The fourth-order valence-electron chi connectivity index (χ4n) is 3.21. The molecule has 1 aliphatic heterocycles. The van der Waals surface area contributed by atoms with Gasteiger partial charge in [0.15, 0.2) is 5.54 Å². The van der Waals surface area contributed by atoms with Crippen LogP contribution in [0, 0.1) is 11.5 Å². The van der Waals surface area contributed by atoms with E-state index in [0.717, 1.165) is 5.56 Å². The molecule has 2 amide bonds. The second kappa shape index (κ2) is 8.64.